The molecule has 5 nitrogen and oxygen atoms in total. The lowest BCUT2D eigenvalue weighted by atomic mass is 9.87. The van der Waals surface area contributed by atoms with Gasteiger partial charge in [0.1, 0.15) is 0 Å². The molecule has 0 spiro atoms. The van der Waals surface area contributed by atoms with E-state index in [9.17, 15) is 9.59 Å². The molecule has 0 aliphatic rings. The number of nitrogens with one attached hydrogen (secondary N) is 2. The summed E-state index contributed by atoms with van der Waals surface area (Å²) in [5, 5.41) is 5.53. The Kier molecular flexibility index (Phi) is 6.91. The summed E-state index contributed by atoms with van der Waals surface area (Å²) in [7, 11) is 0. The van der Waals surface area contributed by atoms with Crippen molar-refractivity contribution in [1.29, 1.82) is 0 Å². The van der Waals surface area contributed by atoms with Crippen molar-refractivity contribution in [2.24, 2.45) is 11.1 Å². The molecule has 4 N–H and O–H groups in total. The van der Waals surface area contributed by atoms with E-state index in [1.807, 2.05) is 34.6 Å². The number of nitrogens with two attached hydrogens (primary N) is 1. The van der Waals surface area contributed by atoms with E-state index in [0.717, 1.165) is 6.42 Å². The van der Waals surface area contributed by atoms with Crippen LogP contribution in [0.5, 0.6) is 0 Å². The molecule has 0 aromatic heterocycles. The highest BCUT2D eigenvalue weighted by atomic mass is 16.2. The van der Waals surface area contributed by atoms with Crippen molar-refractivity contribution < 1.29 is 9.59 Å². The molecule has 0 saturated carbocycles. The molecule has 0 rings (SSSR count). The van der Waals surface area contributed by atoms with Crippen LogP contribution in [0, 0.1) is 5.41 Å². The van der Waals surface area contributed by atoms with Crippen molar-refractivity contribution >= 4 is 11.8 Å². The smallest absolute Gasteiger partial charge is 0.237 e. The SMILES string of the molecule is CCC(C)NC(=O)CCNC(=O)C(N)C(C)(C)C. The van der Waals surface area contributed by atoms with Gasteiger partial charge in [-0.3, -0.25) is 9.59 Å². The van der Waals surface area contributed by atoms with Crippen LogP contribution < -0.4 is 16.4 Å². The Morgan fingerprint density at radius 1 is 1.28 bits per heavy atom. The summed E-state index contributed by atoms with van der Waals surface area (Å²) >= 11 is 0. The quantitative estimate of drug-likeness (QED) is 0.657. The highest BCUT2D eigenvalue weighted by Crippen LogP contribution is 2.16. The van der Waals surface area contributed by atoms with Gasteiger partial charge in [-0.15, -0.1) is 0 Å². The van der Waals surface area contributed by atoms with Gasteiger partial charge in [-0.2, -0.15) is 0 Å². The Labute approximate surface area is 110 Å². The Hall–Kier alpha value is -1.10. The predicted octanol–water partition coefficient (Wildman–Crippen LogP) is 0.781. The molecule has 5 heteroatoms. The minimum absolute atomic E-state index is 0.0472. The van der Waals surface area contributed by atoms with Gasteiger partial charge in [-0.05, 0) is 18.8 Å². The van der Waals surface area contributed by atoms with Gasteiger partial charge in [0.15, 0.2) is 0 Å². The van der Waals surface area contributed by atoms with E-state index in [0.29, 0.717) is 6.54 Å². The van der Waals surface area contributed by atoms with Crippen LogP contribution >= 0.6 is 0 Å². The predicted molar refractivity (Wildman–Crippen MR) is 73.0 cm³/mol. The van der Waals surface area contributed by atoms with Crippen LogP contribution in [0.4, 0.5) is 0 Å². The molecule has 0 aliphatic carbocycles. The molecule has 0 bridgehead atoms. The molecule has 0 aromatic rings. The Balaban J connectivity index is 3.92. The zero-order valence-corrected chi connectivity index (χ0v) is 12.2. The number of carbonyl (C=O) groups is 2. The third-order valence-electron chi connectivity index (χ3n) is 2.89. The highest BCUT2D eigenvalue weighted by Gasteiger charge is 2.27. The summed E-state index contributed by atoms with van der Waals surface area (Å²) in [4.78, 5) is 23.1. The van der Waals surface area contributed by atoms with Crippen molar-refractivity contribution in [2.45, 2.75) is 59.5 Å². The third kappa shape index (κ3) is 6.59. The van der Waals surface area contributed by atoms with E-state index in [1.165, 1.54) is 0 Å². The van der Waals surface area contributed by atoms with Gasteiger partial charge in [-0.25, -0.2) is 0 Å². The number of amides is 2. The number of carbonyl (C=O) groups excluding carboxylic acids is 2. The van der Waals surface area contributed by atoms with E-state index in [4.69, 9.17) is 5.73 Å². The molecule has 0 fully saturated rings. The molecule has 2 unspecified atom stereocenters. The maximum absolute atomic E-state index is 11.7. The maximum atomic E-state index is 11.7. The number of hydrogen-bond donors (Lipinski definition) is 3. The fourth-order valence-electron chi connectivity index (χ4n) is 1.25. The molecule has 2 amide bonds. The summed E-state index contributed by atoms with van der Waals surface area (Å²) in [6.07, 6.45) is 1.18. The molecule has 2 atom stereocenters. The first-order chi connectivity index (χ1) is 8.18. The second kappa shape index (κ2) is 7.36. The number of rotatable bonds is 6. The monoisotopic (exact) mass is 257 g/mol. The number of hydrogen-bond acceptors (Lipinski definition) is 3. The van der Waals surface area contributed by atoms with Crippen LogP contribution in [-0.4, -0.2) is 30.4 Å². The van der Waals surface area contributed by atoms with Crippen molar-refractivity contribution in [3.05, 3.63) is 0 Å². The van der Waals surface area contributed by atoms with Gasteiger partial charge < -0.3 is 16.4 Å². The minimum Gasteiger partial charge on any atom is -0.354 e. The van der Waals surface area contributed by atoms with Gasteiger partial charge in [0.2, 0.25) is 11.8 Å². The first kappa shape index (κ1) is 16.9. The summed E-state index contributed by atoms with van der Waals surface area (Å²) in [6.45, 7) is 10.0. The second-order valence-electron chi connectivity index (χ2n) is 5.76. The van der Waals surface area contributed by atoms with Crippen molar-refractivity contribution in [3.8, 4) is 0 Å². The zero-order valence-electron chi connectivity index (χ0n) is 12.2. The topological polar surface area (TPSA) is 84.2 Å². The van der Waals surface area contributed by atoms with Crippen LogP contribution in [0.25, 0.3) is 0 Å². The van der Waals surface area contributed by atoms with Crippen molar-refractivity contribution in [3.63, 3.8) is 0 Å². The maximum Gasteiger partial charge on any atom is 0.237 e. The second-order valence-corrected chi connectivity index (χ2v) is 5.76. The molecule has 0 aliphatic heterocycles. The molecule has 0 heterocycles. The van der Waals surface area contributed by atoms with Crippen molar-refractivity contribution in [1.82, 2.24) is 10.6 Å². The van der Waals surface area contributed by atoms with Crippen LogP contribution in [-0.2, 0) is 9.59 Å². The molecule has 0 saturated heterocycles. The normalized spacial score (nSPS) is 14.8. The average molecular weight is 257 g/mol. The van der Waals surface area contributed by atoms with Crippen molar-refractivity contribution in [2.75, 3.05) is 6.54 Å². The van der Waals surface area contributed by atoms with Gasteiger partial charge >= 0.3 is 0 Å². The average Bonchev–Trinajstić information content (AvgIpc) is 2.26. The van der Waals surface area contributed by atoms with Crippen LogP contribution in [0.15, 0.2) is 0 Å². The summed E-state index contributed by atoms with van der Waals surface area (Å²) in [6, 6.07) is -0.389. The molecule has 0 aromatic carbocycles. The van der Waals surface area contributed by atoms with Gasteiger partial charge in [0.05, 0.1) is 6.04 Å². The van der Waals surface area contributed by atoms with Gasteiger partial charge in [-0.1, -0.05) is 27.7 Å². The van der Waals surface area contributed by atoms with Crippen LogP contribution in [0.2, 0.25) is 0 Å². The molecule has 0 radical (unpaired) electrons. The van der Waals surface area contributed by atoms with E-state index in [1.54, 1.807) is 0 Å². The summed E-state index contributed by atoms with van der Waals surface area (Å²) in [5.74, 6) is -0.257. The van der Waals surface area contributed by atoms with E-state index in [-0.39, 0.29) is 29.7 Å². The standard InChI is InChI=1S/C13H27N3O2/c1-6-9(2)16-10(17)7-8-15-12(18)11(14)13(3,4)5/h9,11H,6-8,14H2,1-5H3,(H,15,18)(H,16,17). The summed E-state index contributed by atoms with van der Waals surface area (Å²) < 4.78 is 0. The third-order valence-corrected chi connectivity index (χ3v) is 2.89. The molecular weight excluding hydrogens is 230 g/mol. The molecule has 18 heavy (non-hydrogen) atoms. The van der Waals surface area contributed by atoms with Gasteiger partial charge in [0.25, 0.3) is 0 Å². The summed E-state index contributed by atoms with van der Waals surface area (Å²) in [5.41, 5.74) is 5.53. The largest absolute Gasteiger partial charge is 0.354 e. The van der Waals surface area contributed by atoms with Crippen LogP contribution in [0.3, 0.4) is 0 Å². The Bertz CT molecular complexity index is 284. The fourth-order valence-corrected chi connectivity index (χ4v) is 1.25. The minimum atomic E-state index is -0.560. The Morgan fingerprint density at radius 2 is 1.83 bits per heavy atom. The molecule has 106 valence electrons. The van der Waals surface area contributed by atoms with Gasteiger partial charge in [0, 0.05) is 19.0 Å². The van der Waals surface area contributed by atoms with Crippen LogP contribution in [0.1, 0.15) is 47.5 Å². The fraction of sp³-hybridized carbons (Fsp3) is 0.846. The lowest BCUT2D eigenvalue weighted by molar-refractivity contribution is -0.125. The first-order valence-corrected chi connectivity index (χ1v) is 6.51. The lowest BCUT2D eigenvalue weighted by Crippen LogP contribution is -2.49. The first-order valence-electron chi connectivity index (χ1n) is 6.51. The lowest BCUT2D eigenvalue weighted by Gasteiger charge is -2.25. The van der Waals surface area contributed by atoms with E-state index < -0.39 is 6.04 Å². The molecular formula is C13H27N3O2. The zero-order chi connectivity index (χ0) is 14.3. The van der Waals surface area contributed by atoms with E-state index >= 15 is 0 Å². The highest BCUT2D eigenvalue weighted by molar-refractivity contribution is 5.83. The Morgan fingerprint density at radius 3 is 2.28 bits per heavy atom. The van der Waals surface area contributed by atoms with E-state index in [2.05, 4.69) is 10.6 Å².